The van der Waals surface area contributed by atoms with Gasteiger partial charge in [-0.15, -0.1) is 0 Å². The molecule has 0 aliphatic heterocycles. The van der Waals surface area contributed by atoms with Crippen molar-refractivity contribution in [2.75, 3.05) is 33.9 Å². The van der Waals surface area contributed by atoms with Crippen molar-refractivity contribution >= 4 is 10.1 Å². The average molecular weight is 226 g/mol. The molecule has 0 aliphatic rings. The second-order valence-corrected chi connectivity index (χ2v) is 4.92. The summed E-state index contributed by atoms with van der Waals surface area (Å²) in [6.45, 7) is 0.583. The average Bonchev–Trinajstić information content (AvgIpc) is 1.84. The normalized spacial score (nSPS) is 10.3. The van der Waals surface area contributed by atoms with Crippen LogP contribution in [-0.2, 0) is 14.5 Å². The van der Waals surface area contributed by atoms with Gasteiger partial charge in [-0.3, -0.25) is 0 Å². The minimum atomic E-state index is -3.72. The van der Waals surface area contributed by atoms with E-state index in [2.05, 4.69) is 10.4 Å². The molecule has 0 fully saturated rings. The smallest absolute Gasteiger partial charge is 0.255 e. The minimum absolute atomic E-state index is 0. The molecule has 86 valence electrons. The highest BCUT2D eigenvalue weighted by Gasteiger charge is 2.01. The van der Waals surface area contributed by atoms with Crippen molar-refractivity contribution in [2.24, 2.45) is 0 Å². The van der Waals surface area contributed by atoms with Crippen LogP contribution in [0.15, 0.2) is 0 Å². The summed E-state index contributed by atoms with van der Waals surface area (Å²) < 4.78 is 22.3. The van der Waals surface area contributed by atoms with Gasteiger partial charge in [0.05, 0.1) is 27.4 Å². The van der Waals surface area contributed by atoms with Crippen LogP contribution in [0.1, 0.15) is 7.43 Å². The molecule has 0 saturated heterocycles. The maximum Gasteiger partial charge on any atom is 0.255 e. The first kappa shape index (κ1) is 19.0. The van der Waals surface area contributed by atoms with Gasteiger partial charge in [0.2, 0.25) is 0 Å². The molecular formula is C7H18N2O4S. The largest absolute Gasteiger partial charge is 0.707 e. The van der Waals surface area contributed by atoms with E-state index in [1.54, 1.807) is 0 Å². The summed E-state index contributed by atoms with van der Waals surface area (Å²) in [6.07, 6.45) is 0.681. The fourth-order valence-corrected chi connectivity index (χ4v) is 0.212. The van der Waals surface area contributed by atoms with Gasteiger partial charge in [0.1, 0.15) is 6.07 Å². The fraction of sp³-hybridized carbons (Fsp3) is 0.857. The standard InChI is InChI=1S/C5H11N2.CH4O4S.CH4/c1-7(2,3)5-4-6;1-6(3,4)5-2;/h5H2,1-3H3;2H,1H3;1H4/q+1;;/p-1. The van der Waals surface area contributed by atoms with E-state index in [1.165, 1.54) is 0 Å². The second kappa shape index (κ2) is 7.70. The third-order valence-corrected chi connectivity index (χ3v) is 0.916. The predicted molar refractivity (Wildman–Crippen MR) is 51.2 cm³/mol. The molecule has 0 radical (unpaired) electrons. The Bertz CT molecular complexity index is 260. The zero-order chi connectivity index (χ0) is 11.1. The van der Waals surface area contributed by atoms with Crippen LogP contribution in [0.4, 0.5) is 0 Å². The Morgan fingerprint density at radius 2 is 1.71 bits per heavy atom. The lowest BCUT2D eigenvalue weighted by molar-refractivity contribution is -0.863. The summed E-state index contributed by atoms with van der Waals surface area (Å²) in [5.74, 6) is 0. The lowest BCUT2D eigenvalue weighted by Gasteiger charge is -2.18. The zero-order valence-corrected chi connectivity index (χ0v) is 8.96. The molecule has 0 saturated carbocycles. The zero-order valence-electron chi connectivity index (χ0n) is 8.14. The van der Waals surface area contributed by atoms with E-state index >= 15 is 0 Å². The first-order valence-corrected chi connectivity index (χ1v) is 5.13. The molecule has 0 heterocycles. The molecule has 0 aromatic rings. The number of quaternary nitrogens is 1. The topological polar surface area (TPSA) is 90.2 Å². The highest BCUT2D eigenvalue weighted by molar-refractivity contribution is 7.85. The first-order chi connectivity index (χ1) is 5.62. The van der Waals surface area contributed by atoms with Crippen molar-refractivity contribution in [3.63, 3.8) is 0 Å². The Labute approximate surface area is 86.0 Å². The molecule has 6 nitrogen and oxygen atoms in total. The summed E-state index contributed by atoms with van der Waals surface area (Å²) in [5, 5.41) is 17.0. The molecule has 0 aromatic heterocycles. The van der Waals surface area contributed by atoms with Crippen molar-refractivity contribution in [2.45, 2.75) is 7.43 Å². The van der Waals surface area contributed by atoms with E-state index in [-0.39, 0.29) is 7.43 Å². The number of hydrogen-bond acceptors (Lipinski definition) is 5. The summed E-state index contributed by atoms with van der Waals surface area (Å²) in [6, 6.07) is 2.08. The van der Waals surface area contributed by atoms with E-state index in [9.17, 15) is 8.42 Å². The third kappa shape index (κ3) is 30.2. The summed E-state index contributed by atoms with van der Waals surface area (Å²) in [4.78, 5) is 0. The first-order valence-electron chi connectivity index (χ1n) is 3.31. The van der Waals surface area contributed by atoms with E-state index in [0.717, 1.165) is 4.48 Å². The third-order valence-electron chi connectivity index (χ3n) is 0.669. The van der Waals surface area contributed by atoms with Gasteiger partial charge in [0, 0.05) is 0 Å². The highest BCUT2D eigenvalue weighted by Crippen LogP contribution is 1.84. The summed E-state index contributed by atoms with van der Waals surface area (Å²) >= 11 is 0. The van der Waals surface area contributed by atoms with E-state index in [1.807, 2.05) is 21.1 Å². The number of nitrogens with zero attached hydrogens (tertiary/aromatic N) is 2. The van der Waals surface area contributed by atoms with Crippen LogP contribution in [0.2, 0.25) is 0 Å². The molecule has 0 bridgehead atoms. The summed E-state index contributed by atoms with van der Waals surface area (Å²) in [7, 11) is 2.25. The molecule has 0 rings (SSSR count). The van der Waals surface area contributed by atoms with Crippen molar-refractivity contribution in [1.29, 1.82) is 5.26 Å². The quantitative estimate of drug-likeness (QED) is 0.263. The van der Waals surface area contributed by atoms with Crippen LogP contribution < -0.4 is 5.26 Å². The maximum atomic E-state index is 9.47. The van der Waals surface area contributed by atoms with Crippen molar-refractivity contribution < 1.29 is 22.5 Å². The SMILES string of the molecule is C.CS(=O)(=O)O[O-].C[N+](C)(C)CC#N. The molecule has 0 N–H and O–H groups in total. The monoisotopic (exact) mass is 226 g/mol. The Kier molecular flexibility index (Phi) is 10.4. The van der Waals surface area contributed by atoms with Crippen molar-refractivity contribution in [1.82, 2.24) is 0 Å². The molecule has 0 aromatic carbocycles. The lowest BCUT2D eigenvalue weighted by atomic mass is 10.6. The van der Waals surface area contributed by atoms with Crippen molar-refractivity contribution in [3.05, 3.63) is 0 Å². The molecule has 0 amide bonds. The van der Waals surface area contributed by atoms with Crippen LogP contribution >= 0.6 is 0 Å². The van der Waals surface area contributed by atoms with Gasteiger partial charge >= 0.3 is 0 Å². The van der Waals surface area contributed by atoms with Gasteiger partial charge in [0.25, 0.3) is 10.1 Å². The maximum absolute atomic E-state index is 9.47. The number of hydrogen-bond donors (Lipinski definition) is 0. The molecule has 0 aliphatic carbocycles. The second-order valence-electron chi connectivity index (χ2n) is 3.38. The number of nitriles is 1. The molecule has 0 spiro atoms. The van der Waals surface area contributed by atoms with E-state index in [0.29, 0.717) is 12.8 Å². The highest BCUT2D eigenvalue weighted by atomic mass is 32.2. The molecule has 7 heteroatoms. The molecule has 14 heavy (non-hydrogen) atoms. The minimum Gasteiger partial charge on any atom is -0.707 e. The predicted octanol–water partition coefficient (Wildman–Crippen LogP) is -0.910. The Morgan fingerprint density at radius 3 is 1.71 bits per heavy atom. The Hall–Kier alpha value is -0.680. The Morgan fingerprint density at radius 1 is 1.43 bits per heavy atom. The van der Waals surface area contributed by atoms with Gasteiger partial charge in [0.15, 0.2) is 6.54 Å². The van der Waals surface area contributed by atoms with Gasteiger partial charge < -0.3 is 14.1 Å². The number of rotatable bonds is 2. The van der Waals surface area contributed by atoms with Crippen molar-refractivity contribution in [3.8, 4) is 6.07 Å². The summed E-state index contributed by atoms with van der Waals surface area (Å²) in [5.41, 5.74) is 0. The van der Waals surface area contributed by atoms with Gasteiger partial charge in [-0.05, 0) is 0 Å². The van der Waals surface area contributed by atoms with Gasteiger partial charge in [-0.2, -0.15) is 5.26 Å². The molecule has 0 unspecified atom stereocenters. The van der Waals surface area contributed by atoms with Crippen LogP contribution in [0.3, 0.4) is 0 Å². The van der Waals surface area contributed by atoms with E-state index in [4.69, 9.17) is 10.5 Å². The molecular weight excluding hydrogens is 208 g/mol. The molecule has 0 atom stereocenters. The van der Waals surface area contributed by atoms with Crippen LogP contribution in [0.5, 0.6) is 0 Å². The van der Waals surface area contributed by atoms with E-state index < -0.39 is 10.1 Å². The Balaban J connectivity index is -0.000000163. The van der Waals surface area contributed by atoms with Gasteiger partial charge in [-0.1, -0.05) is 7.43 Å². The van der Waals surface area contributed by atoms with Gasteiger partial charge in [-0.25, -0.2) is 8.42 Å². The van der Waals surface area contributed by atoms with Crippen LogP contribution in [-0.4, -0.2) is 46.8 Å². The van der Waals surface area contributed by atoms with Crippen LogP contribution in [0.25, 0.3) is 0 Å². The fourth-order valence-electron chi connectivity index (χ4n) is 0.212. The lowest BCUT2D eigenvalue weighted by Crippen LogP contribution is -2.34. The van der Waals surface area contributed by atoms with Crippen LogP contribution in [0, 0.1) is 11.3 Å².